The lowest BCUT2D eigenvalue weighted by Gasteiger charge is -2.34. The van der Waals surface area contributed by atoms with Crippen LogP contribution in [-0.4, -0.2) is 44.8 Å². The molecule has 0 bridgehead atoms. The summed E-state index contributed by atoms with van der Waals surface area (Å²) in [7, 11) is -3.38. The molecule has 1 aliphatic carbocycles. The Bertz CT molecular complexity index is 1090. The molecule has 5 rings (SSSR count). The molecule has 2 aromatic carbocycles. The standard InChI is InChI=1S/C26H33N3O3S/c30-26(27-25-9-5-7-20-6-1-2-8-24(20)25)21-14-18-28(19-15-21)22-10-12-23(13-11-22)33(31,32)29-16-3-4-17-29/h1-2,6,8,10-13,21,25H,3-5,7,9,14-19H2,(H,27,30)/t25-/m0/s1. The van der Waals surface area contributed by atoms with E-state index in [2.05, 4.69) is 34.5 Å². The molecule has 0 aromatic heterocycles. The zero-order valence-electron chi connectivity index (χ0n) is 19.1. The van der Waals surface area contributed by atoms with E-state index in [1.165, 1.54) is 11.1 Å². The first kappa shape index (κ1) is 22.4. The molecule has 2 heterocycles. The molecule has 2 aliphatic heterocycles. The molecule has 1 atom stereocenters. The Kier molecular flexibility index (Phi) is 6.43. The molecule has 0 unspecified atom stereocenters. The minimum atomic E-state index is -3.38. The number of sulfonamides is 1. The fourth-order valence-electron chi connectivity index (χ4n) is 5.50. The number of rotatable bonds is 5. The summed E-state index contributed by atoms with van der Waals surface area (Å²) < 4.78 is 27.1. The highest BCUT2D eigenvalue weighted by Gasteiger charge is 2.30. The highest BCUT2D eigenvalue weighted by Crippen LogP contribution is 2.31. The van der Waals surface area contributed by atoms with Gasteiger partial charge in [-0.1, -0.05) is 24.3 Å². The third kappa shape index (κ3) is 4.66. The molecule has 7 heteroatoms. The van der Waals surface area contributed by atoms with Crippen LogP contribution in [0.2, 0.25) is 0 Å². The number of carbonyl (C=O) groups excluding carboxylic acids is 1. The molecule has 0 spiro atoms. The van der Waals surface area contributed by atoms with Crippen LogP contribution in [0, 0.1) is 5.92 Å². The number of benzene rings is 2. The number of anilines is 1. The lowest BCUT2D eigenvalue weighted by atomic mass is 9.87. The number of hydrogen-bond acceptors (Lipinski definition) is 4. The van der Waals surface area contributed by atoms with Crippen LogP contribution in [-0.2, 0) is 21.2 Å². The maximum atomic E-state index is 13.0. The van der Waals surface area contributed by atoms with Crippen LogP contribution in [0.25, 0.3) is 0 Å². The summed E-state index contributed by atoms with van der Waals surface area (Å²) in [4.78, 5) is 15.6. The Hall–Kier alpha value is -2.38. The second-order valence-electron chi connectivity index (χ2n) is 9.52. The molecule has 2 saturated heterocycles. The Balaban J connectivity index is 1.17. The maximum Gasteiger partial charge on any atom is 0.243 e. The summed E-state index contributed by atoms with van der Waals surface area (Å²) >= 11 is 0. The first-order valence-corrected chi connectivity index (χ1v) is 13.7. The number of nitrogens with zero attached hydrogens (tertiary/aromatic N) is 2. The monoisotopic (exact) mass is 467 g/mol. The second kappa shape index (κ2) is 9.47. The van der Waals surface area contributed by atoms with E-state index in [0.717, 1.165) is 63.7 Å². The topological polar surface area (TPSA) is 69.7 Å². The van der Waals surface area contributed by atoms with Crippen molar-refractivity contribution in [3.8, 4) is 0 Å². The molecule has 1 N–H and O–H groups in total. The van der Waals surface area contributed by atoms with Gasteiger partial charge in [-0.2, -0.15) is 4.31 Å². The van der Waals surface area contributed by atoms with Gasteiger partial charge in [-0.05, 0) is 80.3 Å². The number of carbonyl (C=O) groups is 1. The summed E-state index contributed by atoms with van der Waals surface area (Å²) in [6.45, 7) is 2.84. The third-order valence-electron chi connectivity index (χ3n) is 7.46. The smallest absolute Gasteiger partial charge is 0.243 e. The predicted octanol–water partition coefficient (Wildman–Crippen LogP) is 3.88. The second-order valence-corrected chi connectivity index (χ2v) is 11.5. The van der Waals surface area contributed by atoms with Gasteiger partial charge in [0.05, 0.1) is 10.9 Å². The Morgan fingerprint density at radius 2 is 1.55 bits per heavy atom. The number of amides is 1. The first-order valence-electron chi connectivity index (χ1n) is 12.3. The minimum absolute atomic E-state index is 0.0326. The molecule has 3 aliphatic rings. The fraction of sp³-hybridized carbons (Fsp3) is 0.500. The summed E-state index contributed by atoms with van der Waals surface area (Å²) in [6, 6.07) is 15.8. The lowest BCUT2D eigenvalue weighted by Crippen LogP contribution is -2.42. The van der Waals surface area contributed by atoms with Gasteiger partial charge < -0.3 is 10.2 Å². The zero-order chi connectivity index (χ0) is 22.8. The van der Waals surface area contributed by atoms with Crippen LogP contribution in [0.3, 0.4) is 0 Å². The minimum Gasteiger partial charge on any atom is -0.371 e. The molecule has 176 valence electrons. The third-order valence-corrected chi connectivity index (χ3v) is 9.37. The van der Waals surface area contributed by atoms with Crippen LogP contribution in [0.15, 0.2) is 53.4 Å². The highest BCUT2D eigenvalue weighted by molar-refractivity contribution is 7.89. The van der Waals surface area contributed by atoms with Crippen molar-refractivity contribution in [2.24, 2.45) is 5.92 Å². The van der Waals surface area contributed by atoms with E-state index in [-0.39, 0.29) is 17.9 Å². The van der Waals surface area contributed by atoms with Gasteiger partial charge in [0.2, 0.25) is 15.9 Å². The molecule has 1 amide bonds. The molecular formula is C26H33N3O3S. The van der Waals surface area contributed by atoms with Gasteiger partial charge in [0.15, 0.2) is 0 Å². The van der Waals surface area contributed by atoms with E-state index >= 15 is 0 Å². The van der Waals surface area contributed by atoms with Gasteiger partial charge in [0.25, 0.3) is 0 Å². The quantitative estimate of drug-likeness (QED) is 0.725. The summed E-state index contributed by atoms with van der Waals surface area (Å²) in [5.74, 6) is 0.202. The largest absolute Gasteiger partial charge is 0.371 e. The first-order chi connectivity index (χ1) is 16.0. The summed E-state index contributed by atoms with van der Waals surface area (Å²) in [5, 5.41) is 3.32. The Labute approximate surface area is 197 Å². The van der Waals surface area contributed by atoms with Crippen LogP contribution in [0.1, 0.15) is 55.7 Å². The average Bonchev–Trinajstić information content (AvgIpc) is 3.41. The summed E-state index contributed by atoms with van der Waals surface area (Å²) in [5.41, 5.74) is 3.66. The van der Waals surface area contributed by atoms with Crippen molar-refractivity contribution in [2.75, 3.05) is 31.1 Å². The van der Waals surface area contributed by atoms with Crippen molar-refractivity contribution in [3.05, 3.63) is 59.7 Å². The number of piperidine rings is 1. The average molecular weight is 468 g/mol. The maximum absolute atomic E-state index is 13.0. The summed E-state index contributed by atoms with van der Waals surface area (Å²) in [6.07, 6.45) is 6.72. The Morgan fingerprint density at radius 3 is 2.27 bits per heavy atom. The molecule has 0 saturated carbocycles. The van der Waals surface area contributed by atoms with Crippen molar-refractivity contribution >= 4 is 21.6 Å². The van der Waals surface area contributed by atoms with Gasteiger partial charge in [-0.3, -0.25) is 4.79 Å². The molecule has 6 nitrogen and oxygen atoms in total. The molecular weight excluding hydrogens is 434 g/mol. The highest BCUT2D eigenvalue weighted by atomic mass is 32.2. The van der Waals surface area contributed by atoms with Crippen LogP contribution < -0.4 is 10.2 Å². The lowest BCUT2D eigenvalue weighted by molar-refractivity contribution is -0.126. The molecule has 0 radical (unpaired) electrons. The van der Waals surface area contributed by atoms with Gasteiger partial charge >= 0.3 is 0 Å². The molecule has 2 aromatic rings. The van der Waals surface area contributed by atoms with E-state index in [1.807, 2.05) is 12.1 Å². The Morgan fingerprint density at radius 1 is 0.848 bits per heavy atom. The number of nitrogens with one attached hydrogen (secondary N) is 1. The van der Waals surface area contributed by atoms with E-state index in [9.17, 15) is 13.2 Å². The molecule has 33 heavy (non-hydrogen) atoms. The van der Waals surface area contributed by atoms with E-state index in [1.54, 1.807) is 16.4 Å². The number of hydrogen-bond donors (Lipinski definition) is 1. The van der Waals surface area contributed by atoms with Crippen molar-refractivity contribution in [1.82, 2.24) is 9.62 Å². The predicted molar refractivity (Wildman–Crippen MR) is 130 cm³/mol. The van der Waals surface area contributed by atoms with Crippen molar-refractivity contribution in [2.45, 2.75) is 55.9 Å². The fourth-order valence-corrected chi connectivity index (χ4v) is 7.02. The number of fused-ring (bicyclic) bond motifs is 1. The van der Waals surface area contributed by atoms with E-state index in [4.69, 9.17) is 0 Å². The van der Waals surface area contributed by atoms with Crippen LogP contribution in [0.5, 0.6) is 0 Å². The van der Waals surface area contributed by atoms with Gasteiger partial charge in [0.1, 0.15) is 0 Å². The zero-order valence-corrected chi connectivity index (χ0v) is 19.9. The molecule has 2 fully saturated rings. The van der Waals surface area contributed by atoms with E-state index < -0.39 is 10.0 Å². The number of aryl methyl sites for hydroxylation is 1. The van der Waals surface area contributed by atoms with Crippen LogP contribution in [0.4, 0.5) is 5.69 Å². The SMILES string of the molecule is O=C(N[C@H]1CCCc2ccccc21)C1CCN(c2ccc(S(=O)(=O)N3CCCC3)cc2)CC1. The van der Waals surface area contributed by atoms with Crippen molar-refractivity contribution < 1.29 is 13.2 Å². The van der Waals surface area contributed by atoms with Gasteiger partial charge in [-0.15, -0.1) is 0 Å². The van der Waals surface area contributed by atoms with Crippen molar-refractivity contribution in [3.63, 3.8) is 0 Å². The van der Waals surface area contributed by atoms with Gasteiger partial charge in [-0.25, -0.2) is 8.42 Å². The van der Waals surface area contributed by atoms with Crippen molar-refractivity contribution in [1.29, 1.82) is 0 Å². The van der Waals surface area contributed by atoms with Crippen LogP contribution >= 0.6 is 0 Å². The van der Waals surface area contributed by atoms with Gasteiger partial charge in [0, 0.05) is 37.8 Å². The van der Waals surface area contributed by atoms with E-state index in [0.29, 0.717) is 18.0 Å². The normalized spacial score (nSPS) is 22.2.